The van der Waals surface area contributed by atoms with Gasteiger partial charge in [0.15, 0.2) is 0 Å². The Kier molecular flexibility index (Phi) is 6.50. The fourth-order valence-corrected chi connectivity index (χ4v) is 4.82. The number of imide groups is 2. The normalized spacial score (nSPS) is 30.3. The lowest BCUT2D eigenvalue weighted by Gasteiger charge is -2.29. The number of amides is 4. The van der Waals surface area contributed by atoms with Crippen LogP contribution in [0.3, 0.4) is 0 Å². The number of carbonyl (C=O) groups excluding carboxylic acids is 5. The maximum absolute atomic E-state index is 12.3. The summed E-state index contributed by atoms with van der Waals surface area (Å²) in [6, 6.07) is 0. The average molecular weight is 557 g/mol. The molecule has 0 aromatic carbocycles. The highest BCUT2D eigenvalue weighted by Gasteiger charge is 2.59. The SMILES string of the molecule is O=C(ON1C(=O)CCC1=O)C1CCC(CNN2C(=O)CC(I)(S(=O)(=O)O)C2=O)CC1. The van der Waals surface area contributed by atoms with Crippen LogP contribution in [0.2, 0.25) is 0 Å². The monoisotopic (exact) mass is 557 g/mol. The molecule has 2 aliphatic heterocycles. The first kappa shape index (κ1) is 23.0. The third-order valence-corrected chi connectivity index (χ3v) is 9.11. The van der Waals surface area contributed by atoms with Crippen molar-refractivity contribution < 1.29 is 41.8 Å². The summed E-state index contributed by atoms with van der Waals surface area (Å²) < 4.78 is 29.9. The van der Waals surface area contributed by atoms with Crippen molar-refractivity contribution in [3.05, 3.63) is 0 Å². The first-order valence-corrected chi connectivity index (χ1v) is 11.8. The van der Waals surface area contributed by atoms with Gasteiger partial charge in [-0.25, -0.2) is 15.2 Å². The van der Waals surface area contributed by atoms with Crippen LogP contribution in [0.1, 0.15) is 44.9 Å². The number of nitrogens with one attached hydrogen (secondary N) is 1. The van der Waals surface area contributed by atoms with Gasteiger partial charge in [0, 0.05) is 19.4 Å². The zero-order valence-corrected chi connectivity index (χ0v) is 18.7. The van der Waals surface area contributed by atoms with E-state index in [4.69, 9.17) is 4.84 Å². The lowest BCUT2D eigenvalue weighted by molar-refractivity contribution is -0.201. The van der Waals surface area contributed by atoms with Crippen LogP contribution in [-0.2, 0) is 38.9 Å². The molecule has 0 spiro atoms. The summed E-state index contributed by atoms with van der Waals surface area (Å²) >= 11 is 1.26. The van der Waals surface area contributed by atoms with Gasteiger partial charge in [0.25, 0.3) is 27.8 Å². The number of hydrogen-bond donors (Lipinski definition) is 2. The standard InChI is InChI=1S/C16H20IN3O9S/c17-16(30(26,27)28)7-13(23)19(15(16)25)18-8-9-1-3-10(4-2-9)14(24)29-20-11(21)5-6-12(20)22/h9-10,18H,1-8H2,(H,26,27,28). The maximum Gasteiger partial charge on any atom is 0.336 e. The van der Waals surface area contributed by atoms with Crippen LogP contribution in [-0.4, -0.2) is 61.9 Å². The summed E-state index contributed by atoms with van der Waals surface area (Å²) in [6.45, 7) is 0.195. The van der Waals surface area contributed by atoms with Crippen molar-refractivity contribution in [1.82, 2.24) is 15.5 Å². The highest BCUT2D eigenvalue weighted by atomic mass is 127. The van der Waals surface area contributed by atoms with Gasteiger partial charge in [-0.1, -0.05) is 0 Å². The van der Waals surface area contributed by atoms with Gasteiger partial charge >= 0.3 is 5.97 Å². The molecule has 1 saturated carbocycles. The molecule has 2 saturated heterocycles. The third kappa shape index (κ3) is 4.36. The number of hydrazine groups is 1. The molecular weight excluding hydrogens is 537 g/mol. The second kappa shape index (κ2) is 8.47. The minimum absolute atomic E-state index is 0.000328. The van der Waals surface area contributed by atoms with Crippen molar-refractivity contribution in [2.45, 2.75) is 47.7 Å². The van der Waals surface area contributed by atoms with Gasteiger partial charge in [0.1, 0.15) is 0 Å². The quantitative estimate of drug-likeness (QED) is 0.191. The highest BCUT2D eigenvalue weighted by Crippen LogP contribution is 2.37. The van der Waals surface area contributed by atoms with Crippen LogP contribution in [0.15, 0.2) is 0 Å². The molecule has 3 fully saturated rings. The van der Waals surface area contributed by atoms with E-state index in [-0.39, 0.29) is 25.3 Å². The summed E-state index contributed by atoms with van der Waals surface area (Å²) in [6.07, 6.45) is 1.36. The lowest BCUT2D eigenvalue weighted by Crippen LogP contribution is -2.49. The Bertz CT molecular complexity index is 884. The molecule has 1 unspecified atom stereocenters. The lowest BCUT2D eigenvalue weighted by atomic mass is 9.82. The van der Waals surface area contributed by atoms with Crippen LogP contribution in [0, 0.1) is 11.8 Å². The molecule has 1 atom stereocenters. The van der Waals surface area contributed by atoms with Gasteiger partial charge in [-0.05, 0) is 54.2 Å². The fourth-order valence-electron chi connectivity index (χ4n) is 3.64. The van der Waals surface area contributed by atoms with E-state index in [2.05, 4.69) is 5.43 Å². The van der Waals surface area contributed by atoms with Crippen LogP contribution in [0.5, 0.6) is 0 Å². The molecule has 0 bridgehead atoms. The molecule has 0 radical (unpaired) electrons. The molecule has 14 heteroatoms. The number of nitrogens with zero attached hydrogens (tertiary/aromatic N) is 2. The molecule has 2 N–H and O–H groups in total. The van der Waals surface area contributed by atoms with E-state index in [0.717, 1.165) is 0 Å². The van der Waals surface area contributed by atoms with Gasteiger partial charge < -0.3 is 4.84 Å². The van der Waals surface area contributed by atoms with Gasteiger partial charge in [-0.3, -0.25) is 23.7 Å². The van der Waals surface area contributed by atoms with E-state index >= 15 is 0 Å². The average Bonchev–Trinajstić information content (AvgIpc) is 3.10. The molecule has 12 nitrogen and oxygen atoms in total. The van der Waals surface area contributed by atoms with E-state index in [9.17, 15) is 36.9 Å². The predicted molar refractivity (Wildman–Crippen MR) is 105 cm³/mol. The van der Waals surface area contributed by atoms with Gasteiger partial charge in [-0.2, -0.15) is 8.42 Å². The summed E-state index contributed by atoms with van der Waals surface area (Å²) in [5.74, 6) is -4.00. The number of hydroxylamine groups is 2. The zero-order valence-electron chi connectivity index (χ0n) is 15.7. The third-order valence-electron chi connectivity index (χ3n) is 5.46. The first-order valence-electron chi connectivity index (χ1n) is 9.28. The molecule has 0 aromatic heterocycles. The number of carbonyl (C=O) groups is 5. The van der Waals surface area contributed by atoms with E-state index in [1.165, 1.54) is 22.6 Å². The number of alkyl halides is 1. The minimum Gasteiger partial charge on any atom is -0.330 e. The van der Waals surface area contributed by atoms with Crippen LogP contribution in [0.4, 0.5) is 0 Å². The Morgan fingerprint density at radius 2 is 1.67 bits per heavy atom. The van der Waals surface area contributed by atoms with Crippen LogP contribution in [0.25, 0.3) is 0 Å². The van der Waals surface area contributed by atoms with Crippen molar-refractivity contribution in [2.24, 2.45) is 11.8 Å². The summed E-state index contributed by atoms with van der Waals surface area (Å²) in [7, 11) is -4.76. The minimum atomic E-state index is -4.76. The van der Waals surface area contributed by atoms with Crippen molar-refractivity contribution in [2.75, 3.05) is 6.54 Å². The summed E-state index contributed by atoms with van der Waals surface area (Å²) in [5, 5.41) is 1.14. The molecule has 1 aliphatic carbocycles. The van der Waals surface area contributed by atoms with E-state index in [0.29, 0.717) is 35.8 Å². The summed E-state index contributed by atoms with van der Waals surface area (Å²) in [4.78, 5) is 64.5. The molecule has 166 valence electrons. The molecule has 3 aliphatic rings. The van der Waals surface area contributed by atoms with Crippen molar-refractivity contribution in [1.29, 1.82) is 0 Å². The summed E-state index contributed by atoms with van der Waals surface area (Å²) in [5.41, 5.74) is 2.63. The molecule has 4 amide bonds. The van der Waals surface area contributed by atoms with Crippen molar-refractivity contribution >= 4 is 62.3 Å². The Morgan fingerprint density at radius 3 is 2.17 bits per heavy atom. The predicted octanol–water partition coefficient (Wildman–Crippen LogP) is -0.317. The largest absolute Gasteiger partial charge is 0.336 e. The maximum atomic E-state index is 12.3. The van der Waals surface area contributed by atoms with E-state index in [1.807, 2.05) is 0 Å². The zero-order chi connectivity index (χ0) is 22.3. The van der Waals surface area contributed by atoms with Crippen LogP contribution < -0.4 is 5.43 Å². The smallest absolute Gasteiger partial charge is 0.330 e. The van der Waals surface area contributed by atoms with Crippen molar-refractivity contribution in [3.8, 4) is 0 Å². The van der Waals surface area contributed by atoms with Crippen molar-refractivity contribution in [3.63, 3.8) is 0 Å². The Hall–Kier alpha value is -1.65. The van der Waals surface area contributed by atoms with Gasteiger partial charge in [0.05, 0.1) is 12.3 Å². The Balaban J connectivity index is 1.48. The van der Waals surface area contributed by atoms with Gasteiger partial charge in [0.2, 0.25) is 8.66 Å². The highest BCUT2D eigenvalue weighted by molar-refractivity contribution is 14.1. The second-order valence-electron chi connectivity index (χ2n) is 7.49. The van der Waals surface area contributed by atoms with E-state index in [1.54, 1.807) is 0 Å². The van der Waals surface area contributed by atoms with Crippen LogP contribution >= 0.6 is 22.6 Å². The topological polar surface area (TPSA) is 167 Å². The molecule has 2 heterocycles. The fraction of sp³-hybridized carbons (Fsp3) is 0.688. The number of hydrogen-bond acceptors (Lipinski definition) is 9. The molecule has 0 aromatic rings. The van der Waals surface area contributed by atoms with E-state index < -0.39 is 54.8 Å². The number of rotatable bonds is 6. The molecule has 3 rings (SSSR count). The second-order valence-corrected chi connectivity index (χ2v) is 11.7. The Morgan fingerprint density at radius 1 is 1.10 bits per heavy atom. The molecule has 30 heavy (non-hydrogen) atoms. The number of halogens is 1. The Labute approximate surface area is 185 Å². The van der Waals surface area contributed by atoms with Gasteiger partial charge in [-0.15, -0.1) is 5.06 Å². The first-order chi connectivity index (χ1) is 13.9. The molecular formula is C16H20IN3O9S.